The molecular weight excluding hydrogens is 329 g/mol. The highest BCUT2D eigenvalue weighted by Crippen LogP contribution is 2.18. The molecule has 0 fully saturated rings. The lowest BCUT2D eigenvalue weighted by Crippen LogP contribution is -2.13. The molecule has 0 saturated carbocycles. The molecule has 0 aliphatic carbocycles. The molecule has 1 amide bonds. The monoisotopic (exact) mass is 343 g/mol. The minimum Gasteiger partial charge on any atom is -0.493 e. The van der Waals surface area contributed by atoms with Crippen LogP contribution >= 0.6 is 11.3 Å². The Morgan fingerprint density at radius 2 is 1.83 bits per heavy atom. The summed E-state index contributed by atoms with van der Waals surface area (Å²) in [5.74, 6) is -0.331. The molecule has 0 atom stereocenters. The van der Waals surface area contributed by atoms with Crippen LogP contribution in [-0.2, 0) is 6.42 Å². The zero-order valence-corrected chi connectivity index (χ0v) is 13.4. The Morgan fingerprint density at radius 1 is 1.08 bits per heavy atom. The van der Waals surface area contributed by atoms with E-state index in [4.69, 9.17) is 4.74 Å². The topological polar surface area (TPSA) is 64.1 Å². The number of nitrogens with zero attached hydrogens (tertiary/aromatic N) is 2. The number of carbonyl (C=O) groups is 1. The second-order valence-electron chi connectivity index (χ2n) is 4.85. The van der Waals surface area contributed by atoms with Gasteiger partial charge in [0.2, 0.25) is 5.13 Å². The van der Waals surface area contributed by atoms with Gasteiger partial charge in [0.15, 0.2) is 0 Å². The van der Waals surface area contributed by atoms with Gasteiger partial charge in [0.25, 0.3) is 5.91 Å². The number of rotatable bonds is 6. The van der Waals surface area contributed by atoms with Crippen LogP contribution in [0, 0.1) is 5.82 Å². The van der Waals surface area contributed by atoms with Gasteiger partial charge in [-0.05, 0) is 24.3 Å². The van der Waals surface area contributed by atoms with Crippen LogP contribution in [-0.4, -0.2) is 22.7 Å². The van der Waals surface area contributed by atoms with E-state index in [1.54, 1.807) is 6.07 Å². The quantitative estimate of drug-likeness (QED) is 0.743. The van der Waals surface area contributed by atoms with Crippen LogP contribution in [0.5, 0.6) is 5.75 Å². The van der Waals surface area contributed by atoms with Crippen molar-refractivity contribution in [2.45, 2.75) is 6.42 Å². The summed E-state index contributed by atoms with van der Waals surface area (Å²) in [5.41, 5.74) is -0.0262. The van der Waals surface area contributed by atoms with E-state index < -0.39 is 11.7 Å². The van der Waals surface area contributed by atoms with Crippen LogP contribution in [0.4, 0.5) is 9.52 Å². The first-order valence-corrected chi connectivity index (χ1v) is 8.10. The molecule has 2 aromatic carbocycles. The molecule has 0 unspecified atom stereocenters. The van der Waals surface area contributed by atoms with Crippen molar-refractivity contribution in [3.63, 3.8) is 0 Å². The van der Waals surface area contributed by atoms with Crippen LogP contribution in [0.2, 0.25) is 0 Å². The molecule has 24 heavy (non-hydrogen) atoms. The van der Waals surface area contributed by atoms with E-state index in [1.165, 1.54) is 29.5 Å². The number of benzene rings is 2. The van der Waals surface area contributed by atoms with Crippen molar-refractivity contribution in [2.75, 3.05) is 11.9 Å². The van der Waals surface area contributed by atoms with Gasteiger partial charge in [0.05, 0.1) is 12.2 Å². The van der Waals surface area contributed by atoms with E-state index in [1.807, 2.05) is 30.3 Å². The van der Waals surface area contributed by atoms with Crippen molar-refractivity contribution in [2.24, 2.45) is 0 Å². The summed E-state index contributed by atoms with van der Waals surface area (Å²) in [6, 6.07) is 15.3. The third-order valence-corrected chi connectivity index (χ3v) is 4.03. The fraction of sp³-hybridized carbons (Fsp3) is 0.118. The molecule has 3 aromatic rings. The largest absolute Gasteiger partial charge is 0.493 e. The number of hydrogen-bond acceptors (Lipinski definition) is 5. The second-order valence-corrected chi connectivity index (χ2v) is 5.91. The molecule has 0 radical (unpaired) electrons. The molecule has 1 heterocycles. The van der Waals surface area contributed by atoms with Crippen LogP contribution in [0.25, 0.3) is 0 Å². The first-order chi connectivity index (χ1) is 11.7. The van der Waals surface area contributed by atoms with Gasteiger partial charge in [-0.25, -0.2) is 4.39 Å². The first kappa shape index (κ1) is 16.1. The number of carbonyl (C=O) groups excluding carboxylic acids is 1. The second kappa shape index (κ2) is 7.65. The molecule has 1 aromatic heterocycles. The SMILES string of the molecule is O=C(Nc1nnc(CCOc2ccccc2)s1)c1ccccc1F. The van der Waals surface area contributed by atoms with Gasteiger partial charge in [0.1, 0.15) is 16.6 Å². The van der Waals surface area contributed by atoms with Crippen LogP contribution in [0.3, 0.4) is 0 Å². The maximum atomic E-state index is 13.6. The maximum Gasteiger partial charge on any atom is 0.260 e. The predicted molar refractivity (Wildman–Crippen MR) is 89.9 cm³/mol. The molecular formula is C17H14FN3O2S. The number of halogens is 1. The summed E-state index contributed by atoms with van der Waals surface area (Å²) in [6.07, 6.45) is 0.572. The minimum atomic E-state index is -0.573. The van der Waals surface area contributed by atoms with Crippen molar-refractivity contribution < 1.29 is 13.9 Å². The van der Waals surface area contributed by atoms with Gasteiger partial charge in [-0.1, -0.05) is 41.7 Å². The zero-order chi connectivity index (χ0) is 16.8. The highest BCUT2D eigenvalue weighted by Gasteiger charge is 2.13. The minimum absolute atomic E-state index is 0.0262. The Hall–Kier alpha value is -2.80. The summed E-state index contributed by atoms with van der Waals surface area (Å²) in [6.45, 7) is 0.458. The maximum absolute atomic E-state index is 13.6. The van der Waals surface area contributed by atoms with E-state index in [0.717, 1.165) is 10.8 Å². The van der Waals surface area contributed by atoms with Crippen LogP contribution in [0.1, 0.15) is 15.4 Å². The smallest absolute Gasteiger partial charge is 0.260 e. The Morgan fingerprint density at radius 3 is 2.62 bits per heavy atom. The molecule has 0 spiro atoms. The molecule has 7 heteroatoms. The van der Waals surface area contributed by atoms with Crippen LogP contribution < -0.4 is 10.1 Å². The Bertz CT molecular complexity index is 823. The summed E-state index contributed by atoms with van der Waals surface area (Å²) in [5, 5.41) is 11.5. The van der Waals surface area contributed by atoms with Gasteiger partial charge >= 0.3 is 0 Å². The molecule has 1 N–H and O–H groups in total. The Kier molecular flexibility index (Phi) is 5.12. The molecule has 122 valence electrons. The fourth-order valence-electron chi connectivity index (χ4n) is 1.99. The van der Waals surface area contributed by atoms with Crippen molar-refractivity contribution >= 4 is 22.4 Å². The van der Waals surface area contributed by atoms with Gasteiger partial charge < -0.3 is 4.74 Å². The summed E-state index contributed by atoms with van der Waals surface area (Å²) in [7, 11) is 0. The van der Waals surface area contributed by atoms with E-state index >= 15 is 0 Å². The van der Waals surface area contributed by atoms with Crippen LogP contribution in [0.15, 0.2) is 54.6 Å². The molecule has 0 aliphatic heterocycles. The fourth-order valence-corrected chi connectivity index (χ4v) is 2.70. The number of para-hydroxylation sites is 1. The highest BCUT2D eigenvalue weighted by atomic mass is 32.1. The van der Waals surface area contributed by atoms with E-state index in [-0.39, 0.29) is 5.56 Å². The number of aromatic nitrogens is 2. The molecule has 3 rings (SSSR count). The first-order valence-electron chi connectivity index (χ1n) is 7.28. The lowest BCUT2D eigenvalue weighted by Gasteiger charge is -2.03. The van der Waals surface area contributed by atoms with E-state index in [0.29, 0.717) is 18.2 Å². The number of amides is 1. The van der Waals surface area contributed by atoms with Gasteiger partial charge in [-0.15, -0.1) is 10.2 Å². The number of ether oxygens (including phenoxy) is 1. The summed E-state index contributed by atoms with van der Waals surface area (Å²) < 4.78 is 19.2. The summed E-state index contributed by atoms with van der Waals surface area (Å²) in [4.78, 5) is 12.0. The Balaban J connectivity index is 1.54. The van der Waals surface area contributed by atoms with Crippen molar-refractivity contribution in [3.05, 3.63) is 71.0 Å². The third kappa shape index (κ3) is 4.14. The molecule has 0 bridgehead atoms. The average molecular weight is 343 g/mol. The summed E-state index contributed by atoms with van der Waals surface area (Å²) >= 11 is 1.24. The lowest BCUT2D eigenvalue weighted by molar-refractivity contribution is 0.102. The molecule has 0 aliphatic rings. The zero-order valence-electron chi connectivity index (χ0n) is 12.6. The molecule has 5 nitrogen and oxygen atoms in total. The third-order valence-electron chi connectivity index (χ3n) is 3.13. The van der Waals surface area contributed by atoms with Crippen molar-refractivity contribution in [3.8, 4) is 5.75 Å². The van der Waals surface area contributed by atoms with Gasteiger partial charge in [0, 0.05) is 6.42 Å². The average Bonchev–Trinajstić information content (AvgIpc) is 3.03. The van der Waals surface area contributed by atoms with Gasteiger partial charge in [-0.2, -0.15) is 0 Å². The Labute approximate surface area is 142 Å². The number of hydrogen-bond donors (Lipinski definition) is 1. The number of anilines is 1. The highest BCUT2D eigenvalue weighted by molar-refractivity contribution is 7.15. The van der Waals surface area contributed by atoms with E-state index in [2.05, 4.69) is 15.5 Å². The molecule has 0 saturated heterocycles. The number of nitrogens with one attached hydrogen (secondary N) is 1. The van der Waals surface area contributed by atoms with Gasteiger partial charge in [-0.3, -0.25) is 10.1 Å². The standard InChI is InChI=1S/C17H14FN3O2S/c18-14-9-5-4-8-13(14)16(22)19-17-21-20-15(24-17)10-11-23-12-6-2-1-3-7-12/h1-9H,10-11H2,(H,19,21,22). The van der Waals surface area contributed by atoms with E-state index in [9.17, 15) is 9.18 Å². The predicted octanol–water partition coefficient (Wildman–Crippen LogP) is 3.55. The van der Waals surface area contributed by atoms with Crippen molar-refractivity contribution in [1.82, 2.24) is 10.2 Å². The normalized spacial score (nSPS) is 10.4. The lowest BCUT2D eigenvalue weighted by atomic mass is 10.2. The van der Waals surface area contributed by atoms with Crippen molar-refractivity contribution in [1.29, 1.82) is 0 Å².